The summed E-state index contributed by atoms with van der Waals surface area (Å²) in [6.45, 7) is 0.599. The van der Waals surface area contributed by atoms with Gasteiger partial charge in [-0.05, 0) is 35.7 Å². The molecular formula is C17H18F2N2O3S. The molecule has 0 spiro atoms. The van der Waals surface area contributed by atoms with Crippen molar-refractivity contribution >= 4 is 15.7 Å². The molecule has 0 aliphatic carbocycles. The predicted molar refractivity (Wildman–Crippen MR) is 89.9 cm³/mol. The number of fused-ring (bicyclic) bond motifs is 1. The van der Waals surface area contributed by atoms with Crippen molar-refractivity contribution in [2.24, 2.45) is 0 Å². The maximum Gasteiger partial charge on any atom is 0.240 e. The van der Waals surface area contributed by atoms with Crippen LogP contribution in [0, 0.1) is 11.6 Å². The minimum atomic E-state index is -4.13. The number of sulfonamides is 1. The zero-order valence-corrected chi connectivity index (χ0v) is 14.4. The maximum absolute atomic E-state index is 13.2. The van der Waals surface area contributed by atoms with Crippen molar-refractivity contribution in [1.82, 2.24) is 4.72 Å². The topological polar surface area (TPSA) is 69.6 Å². The maximum atomic E-state index is 13.2. The van der Waals surface area contributed by atoms with Crippen LogP contribution in [0.25, 0.3) is 0 Å². The summed E-state index contributed by atoms with van der Waals surface area (Å²) in [7, 11) is -2.15. The standard InChI is InChI=1S/C17H18F2N2O3S/c1-21-5-4-11-6-12(2-3-16(11)21)17(22)10-20-25(23,24)15-8-13(18)7-14(19)9-15/h2-3,6-9,17,20,22H,4-5,10H2,1H3. The molecule has 0 amide bonds. The fraction of sp³-hybridized carbons (Fsp3) is 0.294. The Balaban J connectivity index is 1.72. The lowest BCUT2D eigenvalue weighted by molar-refractivity contribution is 0.182. The summed E-state index contributed by atoms with van der Waals surface area (Å²) in [4.78, 5) is 1.58. The van der Waals surface area contributed by atoms with Crippen LogP contribution in [0.3, 0.4) is 0 Å². The normalized spacial score (nSPS) is 15.3. The molecule has 134 valence electrons. The van der Waals surface area contributed by atoms with E-state index in [1.165, 1.54) is 0 Å². The first-order valence-corrected chi connectivity index (χ1v) is 9.22. The lowest BCUT2D eigenvalue weighted by atomic mass is 10.0. The lowest BCUT2D eigenvalue weighted by Crippen LogP contribution is -2.28. The van der Waals surface area contributed by atoms with E-state index >= 15 is 0 Å². The van der Waals surface area contributed by atoms with Gasteiger partial charge in [-0.2, -0.15) is 0 Å². The van der Waals surface area contributed by atoms with E-state index in [4.69, 9.17) is 0 Å². The summed E-state index contributed by atoms with van der Waals surface area (Å²) >= 11 is 0. The molecule has 0 saturated carbocycles. The van der Waals surface area contributed by atoms with Crippen LogP contribution in [-0.4, -0.2) is 33.7 Å². The van der Waals surface area contributed by atoms with Crippen LogP contribution in [-0.2, 0) is 16.4 Å². The molecular weight excluding hydrogens is 350 g/mol. The largest absolute Gasteiger partial charge is 0.387 e. The summed E-state index contributed by atoms with van der Waals surface area (Å²) in [5, 5.41) is 10.2. The Morgan fingerprint density at radius 3 is 2.56 bits per heavy atom. The number of likely N-dealkylation sites (N-methyl/N-ethyl adjacent to an activating group) is 1. The van der Waals surface area contributed by atoms with E-state index in [9.17, 15) is 22.3 Å². The van der Waals surface area contributed by atoms with Gasteiger partial charge in [-0.15, -0.1) is 0 Å². The van der Waals surface area contributed by atoms with Crippen molar-refractivity contribution in [2.75, 3.05) is 25.0 Å². The van der Waals surface area contributed by atoms with E-state index in [0.717, 1.165) is 36.3 Å². The predicted octanol–water partition coefficient (Wildman–Crippen LogP) is 1.97. The average molecular weight is 368 g/mol. The molecule has 1 aliphatic rings. The van der Waals surface area contributed by atoms with Crippen LogP contribution >= 0.6 is 0 Å². The number of halogens is 2. The molecule has 5 nitrogen and oxygen atoms in total. The summed E-state index contributed by atoms with van der Waals surface area (Å²) in [5.41, 5.74) is 2.77. The molecule has 25 heavy (non-hydrogen) atoms. The number of anilines is 1. The molecule has 3 rings (SSSR count). The Bertz CT molecular complexity index is 883. The Hall–Kier alpha value is -2.03. The SMILES string of the molecule is CN1CCc2cc(C(O)CNS(=O)(=O)c3cc(F)cc(F)c3)ccc21. The first-order chi connectivity index (χ1) is 11.8. The highest BCUT2D eigenvalue weighted by atomic mass is 32.2. The number of hydrogen-bond donors (Lipinski definition) is 2. The average Bonchev–Trinajstić information content (AvgIpc) is 2.92. The molecule has 0 aromatic heterocycles. The van der Waals surface area contributed by atoms with Crippen molar-refractivity contribution in [3.63, 3.8) is 0 Å². The number of benzene rings is 2. The van der Waals surface area contributed by atoms with Crippen molar-refractivity contribution < 1.29 is 22.3 Å². The van der Waals surface area contributed by atoms with Gasteiger partial charge in [0, 0.05) is 31.9 Å². The third kappa shape index (κ3) is 3.81. The fourth-order valence-electron chi connectivity index (χ4n) is 2.87. The van der Waals surface area contributed by atoms with Gasteiger partial charge in [-0.25, -0.2) is 21.9 Å². The van der Waals surface area contributed by atoms with Gasteiger partial charge in [0.1, 0.15) is 11.6 Å². The van der Waals surface area contributed by atoms with Crippen molar-refractivity contribution in [3.8, 4) is 0 Å². The molecule has 1 atom stereocenters. The fourth-order valence-corrected chi connectivity index (χ4v) is 3.95. The van der Waals surface area contributed by atoms with Crippen LogP contribution < -0.4 is 9.62 Å². The van der Waals surface area contributed by atoms with Gasteiger partial charge in [0.15, 0.2) is 0 Å². The van der Waals surface area contributed by atoms with Crippen LogP contribution in [0.1, 0.15) is 17.2 Å². The van der Waals surface area contributed by atoms with E-state index in [2.05, 4.69) is 9.62 Å². The number of nitrogens with one attached hydrogen (secondary N) is 1. The minimum absolute atomic E-state index is 0.297. The van der Waals surface area contributed by atoms with Gasteiger partial charge in [0.2, 0.25) is 10.0 Å². The Morgan fingerprint density at radius 1 is 1.20 bits per heavy atom. The third-order valence-corrected chi connectivity index (χ3v) is 5.63. The third-order valence-electron chi connectivity index (χ3n) is 4.23. The van der Waals surface area contributed by atoms with E-state index in [-0.39, 0.29) is 6.54 Å². The Morgan fingerprint density at radius 2 is 1.88 bits per heavy atom. The van der Waals surface area contributed by atoms with Crippen LogP contribution in [0.15, 0.2) is 41.3 Å². The highest BCUT2D eigenvalue weighted by molar-refractivity contribution is 7.89. The first kappa shape index (κ1) is 17.8. The molecule has 8 heteroatoms. The van der Waals surface area contributed by atoms with Crippen LogP contribution in [0.5, 0.6) is 0 Å². The second kappa shape index (κ2) is 6.70. The van der Waals surface area contributed by atoms with Crippen LogP contribution in [0.2, 0.25) is 0 Å². The van der Waals surface area contributed by atoms with E-state index in [1.54, 1.807) is 6.07 Å². The minimum Gasteiger partial charge on any atom is -0.387 e. The van der Waals surface area contributed by atoms with Gasteiger partial charge < -0.3 is 10.0 Å². The van der Waals surface area contributed by atoms with Gasteiger partial charge in [-0.3, -0.25) is 0 Å². The molecule has 2 N–H and O–H groups in total. The van der Waals surface area contributed by atoms with Gasteiger partial charge in [0.05, 0.1) is 11.0 Å². The zero-order valence-electron chi connectivity index (χ0n) is 13.5. The molecule has 1 unspecified atom stereocenters. The lowest BCUT2D eigenvalue weighted by Gasteiger charge is -2.15. The van der Waals surface area contributed by atoms with Crippen LogP contribution in [0.4, 0.5) is 14.5 Å². The highest BCUT2D eigenvalue weighted by Gasteiger charge is 2.21. The smallest absolute Gasteiger partial charge is 0.240 e. The number of aliphatic hydroxyl groups is 1. The molecule has 0 radical (unpaired) electrons. The molecule has 0 bridgehead atoms. The molecule has 2 aromatic rings. The summed E-state index contributed by atoms with van der Waals surface area (Å²) < 4.78 is 52.9. The van der Waals surface area contributed by atoms with Crippen molar-refractivity contribution in [3.05, 3.63) is 59.2 Å². The molecule has 0 fully saturated rings. The zero-order chi connectivity index (χ0) is 18.2. The number of rotatable bonds is 5. The Kier molecular flexibility index (Phi) is 4.77. The number of aliphatic hydroxyl groups excluding tert-OH is 1. The summed E-state index contributed by atoms with van der Waals surface area (Å²) in [6, 6.07) is 7.51. The Labute approximate surface area is 145 Å². The van der Waals surface area contributed by atoms with Gasteiger partial charge in [0.25, 0.3) is 0 Å². The van der Waals surface area contributed by atoms with Gasteiger partial charge in [-0.1, -0.05) is 12.1 Å². The van der Waals surface area contributed by atoms with Gasteiger partial charge >= 0.3 is 0 Å². The summed E-state index contributed by atoms with van der Waals surface area (Å²) in [6.07, 6.45) is -0.204. The van der Waals surface area contributed by atoms with Crippen molar-refractivity contribution in [2.45, 2.75) is 17.4 Å². The highest BCUT2D eigenvalue weighted by Crippen LogP contribution is 2.29. The monoisotopic (exact) mass is 368 g/mol. The van der Waals surface area contributed by atoms with E-state index in [0.29, 0.717) is 11.6 Å². The quantitative estimate of drug-likeness (QED) is 0.847. The van der Waals surface area contributed by atoms with E-state index in [1.807, 2.05) is 19.2 Å². The summed E-state index contributed by atoms with van der Waals surface area (Å²) in [5.74, 6) is -1.97. The molecule has 0 saturated heterocycles. The number of hydrogen-bond acceptors (Lipinski definition) is 4. The molecule has 2 aromatic carbocycles. The van der Waals surface area contributed by atoms with E-state index < -0.39 is 32.7 Å². The van der Waals surface area contributed by atoms with Crippen molar-refractivity contribution in [1.29, 1.82) is 0 Å². The second-order valence-electron chi connectivity index (χ2n) is 6.03. The molecule has 1 heterocycles. The molecule has 1 aliphatic heterocycles. The second-order valence-corrected chi connectivity index (χ2v) is 7.80. The number of nitrogens with zero attached hydrogens (tertiary/aromatic N) is 1. The first-order valence-electron chi connectivity index (χ1n) is 7.74.